The molecule has 0 radical (unpaired) electrons. The molecule has 2 atom stereocenters. The molecule has 2 aromatic heterocycles. The second-order valence-corrected chi connectivity index (χ2v) is 10.1. The monoisotopic (exact) mass is 479 g/mol. The Hall–Kier alpha value is -3.04. The Morgan fingerprint density at radius 1 is 1.15 bits per heavy atom. The van der Waals surface area contributed by atoms with Crippen LogP contribution in [0.3, 0.4) is 0 Å². The minimum Gasteiger partial charge on any atom is -0.382 e. The fraction of sp³-hybridized carbons (Fsp3) is 0.440. The molecule has 0 aliphatic carbocycles. The number of nitrogens with zero attached hydrogens (tertiary/aromatic N) is 4. The zero-order chi connectivity index (χ0) is 23.7. The number of aliphatic hydroxyl groups is 1. The summed E-state index contributed by atoms with van der Waals surface area (Å²) in [6.07, 6.45) is 2.11. The number of nitrogens with one attached hydrogen (secondary N) is 1. The van der Waals surface area contributed by atoms with Gasteiger partial charge in [0.05, 0.1) is 11.3 Å². The molecule has 34 heavy (non-hydrogen) atoms. The van der Waals surface area contributed by atoms with Crippen LogP contribution in [0.15, 0.2) is 42.0 Å². The Morgan fingerprint density at radius 2 is 1.85 bits per heavy atom. The lowest BCUT2D eigenvalue weighted by atomic mass is 9.96. The second kappa shape index (κ2) is 9.68. The number of carbonyl (C=O) groups is 2. The highest BCUT2D eigenvalue weighted by atomic mass is 32.1. The fourth-order valence-corrected chi connectivity index (χ4v) is 5.59. The lowest BCUT2D eigenvalue weighted by Crippen LogP contribution is -2.46. The van der Waals surface area contributed by atoms with Gasteiger partial charge in [-0.1, -0.05) is 31.2 Å². The third kappa shape index (κ3) is 4.50. The van der Waals surface area contributed by atoms with E-state index in [1.807, 2.05) is 29.6 Å². The number of anilines is 1. The first-order valence-electron chi connectivity index (χ1n) is 11.8. The number of fused-ring (bicyclic) bond motifs is 2. The summed E-state index contributed by atoms with van der Waals surface area (Å²) in [5, 5.41) is 16.5. The van der Waals surface area contributed by atoms with Gasteiger partial charge < -0.3 is 20.2 Å². The van der Waals surface area contributed by atoms with E-state index in [2.05, 4.69) is 26.3 Å². The summed E-state index contributed by atoms with van der Waals surface area (Å²) in [5.41, 5.74) is 2.24. The molecule has 178 valence electrons. The van der Waals surface area contributed by atoms with Gasteiger partial charge in [0, 0.05) is 32.7 Å². The smallest absolute Gasteiger partial charge is 0.249 e. The van der Waals surface area contributed by atoms with Crippen molar-refractivity contribution in [3.63, 3.8) is 0 Å². The first-order chi connectivity index (χ1) is 16.5. The van der Waals surface area contributed by atoms with E-state index in [1.165, 1.54) is 0 Å². The van der Waals surface area contributed by atoms with Gasteiger partial charge in [-0.05, 0) is 41.3 Å². The molecule has 0 unspecified atom stereocenters. The number of hydrogen-bond donors (Lipinski definition) is 2. The first kappa shape index (κ1) is 22.7. The fourth-order valence-electron chi connectivity index (χ4n) is 4.87. The summed E-state index contributed by atoms with van der Waals surface area (Å²) in [7, 11) is 0. The molecule has 0 saturated carbocycles. The van der Waals surface area contributed by atoms with Crippen molar-refractivity contribution in [2.75, 3.05) is 24.5 Å². The van der Waals surface area contributed by atoms with Gasteiger partial charge in [-0.15, -0.1) is 11.3 Å². The summed E-state index contributed by atoms with van der Waals surface area (Å²) < 4.78 is 0. The lowest BCUT2D eigenvalue weighted by Gasteiger charge is -2.33. The Labute approximate surface area is 202 Å². The van der Waals surface area contributed by atoms with E-state index in [0.717, 1.165) is 53.1 Å². The average Bonchev–Trinajstić information content (AvgIpc) is 3.53. The molecule has 1 fully saturated rings. The molecule has 2 amide bonds. The summed E-state index contributed by atoms with van der Waals surface area (Å²) in [6, 6.07) is 10.00. The second-order valence-electron chi connectivity index (χ2n) is 9.21. The lowest BCUT2D eigenvalue weighted by molar-refractivity contribution is -0.145. The number of aliphatic hydroxyl groups excluding tert-OH is 1. The Bertz CT molecular complexity index is 1170. The van der Waals surface area contributed by atoms with E-state index < -0.39 is 17.9 Å². The molecule has 1 saturated heterocycles. The first-order valence-corrected chi connectivity index (χ1v) is 12.6. The third-order valence-corrected chi connectivity index (χ3v) is 7.82. The Kier molecular flexibility index (Phi) is 6.47. The van der Waals surface area contributed by atoms with Crippen LogP contribution >= 0.6 is 11.3 Å². The molecule has 2 aliphatic rings. The quantitative estimate of drug-likeness (QED) is 0.564. The number of benzene rings is 1. The predicted octanol–water partition coefficient (Wildman–Crippen LogP) is 2.56. The van der Waals surface area contributed by atoms with Crippen LogP contribution < -0.4 is 10.2 Å². The molecule has 8 nitrogen and oxygen atoms in total. The molecule has 5 rings (SSSR count). The van der Waals surface area contributed by atoms with Crippen molar-refractivity contribution >= 4 is 39.2 Å². The van der Waals surface area contributed by atoms with Crippen molar-refractivity contribution in [1.82, 2.24) is 20.2 Å². The van der Waals surface area contributed by atoms with Gasteiger partial charge >= 0.3 is 0 Å². The normalized spacial score (nSPS) is 18.1. The number of hydrogen-bond acceptors (Lipinski definition) is 7. The van der Waals surface area contributed by atoms with Crippen molar-refractivity contribution in [1.29, 1.82) is 0 Å². The number of piperidine rings is 1. The van der Waals surface area contributed by atoms with Crippen LogP contribution in [0.25, 0.3) is 10.2 Å². The predicted molar refractivity (Wildman–Crippen MR) is 131 cm³/mol. The number of amides is 2. The largest absolute Gasteiger partial charge is 0.382 e. The molecule has 0 bridgehead atoms. The zero-order valence-corrected chi connectivity index (χ0v) is 20.0. The summed E-state index contributed by atoms with van der Waals surface area (Å²) in [6.45, 7) is 4.88. The average molecular weight is 480 g/mol. The van der Waals surface area contributed by atoms with Crippen LogP contribution in [0.2, 0.25) is 0 Å². The van der Waals surface area contributed by atoms with Crippen molar-refractivity contribution in [3.8, 4) is 0 Å². The van der Waals surface area contributed by atoms with Crippen LogP contribution in [0.5, 0.6) is 0 Å². The standard InChI is InChI=1S/C25H29N5O3S/c1-16(25(33)30-13-18-4-2-3-5-19(18)14-30)21(31)23(32)26-12-17-6-9-29(10-7-17)22-20-8-11-34-24(20)28-15-27-22/h2-5,8,11,15-17,21,31H,6-7,9-10,12-14H2,1H3,(H,26,32)/t16-,21-/m1/s1. The molecule has 2 N–H and O–H groups in total. The van der Waals surface area contributed by atoms with Gasteiger partial charge in [0.25, 0.3) is 0 Å². The van der Waals surface area contributed by atoms with Crippen molar-refractivity contribution in [3.05, 3.63) is 53.2 Å². The maximum absolute atomic E-state index is 12.9. The van der Waals surface area contributed by atoms with Gasteiger partial charge in [0.1, 0.15) is 23.1 Å². The van der Waals surface area contributed by atoms with E-state index in [0.29, 0.717) is 25.6 Å². The number of thiophene rings is 1. The molecule has 0 spiro atoms. The molecule has 2 aliphatic heterocycles. The summed E-state index contributed by atoms with van der Waals surface area (Å²) >= 11 is 1.61. The van der Waals surface area contributed by atoms with E-state index in [-0.39, 0.29) is 5.91 Å². The van der Waals surface area contributed by atoms with Crippen molar-refractivity contribution in [2.45, 2.75) is 39.0 Å². The maximum atomic E-state index is 12.9. The molecule has 9 heteroatoms. The molecule has 1 aromatic carbocycles. The molecule has 4 heterocycles. The van der Waals surface area contributed by atoms with Crippen LogP contribution in [0.1, 0.15) is 30.9 Å². The van der Waals surface area contributed by atoms with Gasteiger partial charge in [-0.25, -0.2) is 9.97 Å². The summed E-state index contributed by atoms with van der Waals surface area (Å²) in [4.78, 5) is 39.3. The highest BCUT2D eigenvalue weighted by molar-refractivity contribution is 7.16. The van der Waals surface area contributed by atoms with Crippen molar-refractivity contribution < 1.29 is 14.7 Å². The van der Waals surface area contributed by atoms with E-state index in [9.17, 15) is 14.7 Å². The summed E-state index contributed by atoms with van der Waals surface area (Å²) in [5.74, 6) is -0.165. The minimum atomic E-state index is -1.36. The third-order valence-electron chi connectivity index (χ3n) is 7.00. The number of aromatic nitrogens is 2. The van der Waals surface area contributed by atoms with Gasteiger partial charge in [-0.3, -0.25) is 9.59 Å². The maximum Gasteiger partial charge on any atom is 0.249 e. The molecular formula is C25H29N5O3S. The van der Waals surface area contributed by atoms with E-state index in [1.54, 1.807) is 29.5 Å². The number of carbonyl (C=O) groups excluding carboxylic acids is 2. The molecule has 3 aromatic rings. The van der Waals surface area contributed by atoms with Crippen LogP contribution in [0, 0.1) is 11.8 Å². The van der Waals surface area contributed by atoms with E-state index in [4.69, 9.17) is 0 Å². The highest BCUT2D eigenvalue weighted by Gasteiger charge is 2.34. The Balaban J connectivity index is 1.09. The SMILES string of the molecule is C[C@@H](C(=O)N1Cc2ccccc2C1)[C@@H](O)C(=O)NCC1CCN(c2ncnc3sccc23)CC1. The van der Waals surface area contributed by atoms with Gasteiger partial charge in [0.15, 0.2) is 0 Å². The highest BCUT2D eigenvalue weighted by Crippen LogP contribution is 2.30. The van der Waals surface area contributed by atoms with Crippen LogP contribution in [-0.4, -0.2) is 57.5 Å². The van der Waals surface area contributed by atoms with Crippen molar-refractivity contribution in [2.24, 2.45) is 11.8 Å². The zero-order valence-electron chi connectivity index (χ0n) is 19.2. The van der Waals surface area contributed by atoms with Gasteiger partial charge in [0.2, 0.25) is 11.8 Å². The Morgan fingerprint density at radius 3 is 2.56 bits per heavy atom. The number of rotatable bonds is 6. The topological polar surface area (TPSA) is 98.7 Å². The minimum absolute atomic E-state index is 0.197. The van der Waals surface area contributed by atoms with Crippen LogP contribution in [0.4, 0.5) is 5.82 Å². The van der Waals surface area contributed by atoms with E-state index >= 15 is 0 Å². The van der Waals surface area contributed by atoms with Crippen LogP contribution in [-0.2, 0) is 22.7 Å². The molecular weight excluding hydrogens is 450 g/mol. The van der Waals surface area contributed by atoms with Gasteiger partial charge in [-0.2, -0.15) is 0 Å².